The highest BCUT2D eigenvalue weighted by Gasteiger charge is 2.23. The Hall–Kier alpha value is -2.84. The Morgan fingerprint density at radius 3 is 2.87 bits per heavy atom. The van der Waals surface area contributed by atoms with Gasteiger partial charge in [-0.25, -0.2) is 9.78 Å². The Balaban J connectivity index is 1.66. The summed E-state index contributed by atoms with van der Waals surface area (Å²) in [6.07, 6.45) is 5.81. The van der Waals surface area contributed by atoms with E-state index in [1.54, 1.807) is 17.9 Å². The van der Waals surface area contributed by atoms with Crippen molar-refractivity contribution in [1.82, 2.24) is 24.0 Å². The SMILES string of the molecule is COCCn1c(=O)n(C)c(=O)c2ccc([C@H]3CCCN(Cc4cccnc4)C3)nc21. The summed E-state index contributed by atoms with van der Waals surface area (Å²) in [5.74, 6) is 0.259. The van der Waals surface area contributed by atoms with Gasteiger partial charge in [0.25, 0.3) is 5.56 Å². The molecule has 0 N–H and O–H groups in total. The molecule has 3 aromatic rings. The number of piperidine rings is 1. The van der Waals surface area contributed by atoms with Crippen LogP contribution >= 0.6 is 0 Å². The fourth-order valence-corrected chi connectivity index (χ4v) is 4.18. The summed E-state index contributed by atoms with van der Waals surface area (Å²) < 4.78 is 7.83. The lowest BCUT2D eigenvalue weighted by atomic mass is 9.94. The van der Waals surface area contributed by atoms with Gasteiger partial charge in [0, 0.05) is 51.3 Å². The molecule has 3 aromatic heterocycles. The Morgan fingerprint density at radius 2 is 2.10 bits per heavy atom. The number of hydrogen-bond donors (Lipinski definition) is 0. The number of fused-ring (bicyclic) bond motifs is 1. The Bertz CT molecular complexity index is 1140. The molecule has 0 aliphatic carbocycles. The van der Waals surface area contributed by atoms with Crippen molar-refractivity contribution in [2.45, 2.75) is 31.8 Å². The number of rotatable bonds is 6. The van der Waals surface area contributed by atoms with Gasteiger partial charge in [0.1, 0.15) is 5.65 Å². The Kier molecular flexibility index (Phi) is 6.06. The number of ether oxygens (including phenoxy) is 1. The van der Waals surface area contributed by atoms with E-state index in [0.29, 0.717) is 24.2 Å². The van der Waals surface area contributed by atoms with Crippen LogP contribution in [0.2, 0.25) is 0 Å². The van der Waals surface area contributed by atoms with E-state index in [0.717, 1.165) is 42.7 Å². The molecule has 4 rings (SSSR count). The third-order valence-corrected chi connectivity index (χ3v) is 5.78. The molecule has 1 saturated heterocycles. The first-order valence-corrected chi connectivity index (χ1v) is 10.3. The summed E-state index contributed by atoms with van der Waals surface area (Å²) >= 11 is 0. The van der Waals surface area contributed by atoms with Crippen LogP contribution in [0.15, 0.2) is 46.2 Å². The molecule has 1 fully saturated rings. The van der Waals surface area contributed by atoms with E-state index in [1.807, 2.05) is 24.4 Å². The fraction of sp³-hybridized carbons (Fsp3) is 0.455. The van der Waals surface area contributed by atoms with Crippen molar-refractivity contribution >= 4 is 11.0 Å². The quantitative estimate of drug-likeness (QED) is 0.614. The van der Waals surface area contributed by atoms with Gasteiger partial charge in [-0.1, -0.05) is 6.07 Å². The minimum absolute atomic E-state index is 0.259. The second-order valence-electron chi connectivity index (χ2n) is 7.83. The van der Waals surface area contributed by atoms with Crippen molar-refractivity contribution in [3.05, 3.63) is 68.8 Å². The smallest absolute Gasteiger partial charge is 0.332 e. The van der Waals surface area contributed by atoms with Crippen LogP contribution in [-0.2, 0) is 24.9 Å². The minimum atomic E-state index is -0.365. The number of pyridine rings is 2. The van der Waals surface area contributed by atoms with Gasteiger partial charge in [0.05, 0.1) is 18.5 Å². The van der Waals surface area contributed by atoms with Crippen molar-refractivity contribution in [3.63, 3.8) is 0 Å². The molecule has 1 atom stereocenters. The van der Waals surface area contributed by atoms with Crippen LogP contribution in [0.5, 0.6) is 0 Å². The fourth-order valence-electron chi connectivity index (χ4n) is 4.18. The van der Waals surface area contributed by atoms with Crippen LogP contribution in [-0.4, -0.2) is 50.8 Å². The molecule has 30 heavy (non-hydrogen) atoms. The van der Waals surface area contributed by atoms with E-state index in [9.17, 15) is 9.59 Å². The molecule has 0 aromatic carbocycles. The highest BCUT2D eigenvalue weighted by molar-refractivity contribution is 5.74. The van der Waals surface area contributed by atoms with Crippen molar-refractivity contribution < 1.29 is 4.74 Å². The first-order chi connectivity index (χ1) is 14.6. The van der Waals surface area contributed by atoms with E-state index in [2.05, 4.69) is 16.0 Å². The third-order valence-electron chi connectivity index (χ3n) is 5.78. The summed E-state index contributed by atoms with van der Waals surface area (Å²) in [6, 6.07) is 7.80. The molecular weight excluding hydrogens is 382 g/mol. The lowest BCUT2D eigenvalue weighted by Gasteiger charge is -2.32. The lowest BCUT2D eigenvalue weighted by Crippen LogP contribution is -2.39. The number of hydrogen-bond acceptors (Lipinski definition) is 6. The van der Waals surface area contributed by atoms with Gasteiger partial charge in [-0.2, -0.15) is 0 Å². The predicted molar refractivity (Wildman–Crippen MR) is 115 cm³/mol. The third kappa shape index (κ3) is 4.06. The van der Waals surface area contributed by atoms with Gasteiger partial charge in [0.15, 0.2) is 0 Å². The topological polar surface area (TPSA) is 82.2 Å². The van der Waals surface area contributed by atoms with E-state index in [4.69, 9.17) is 9.72 Å². The predicted octanol–water partition coefficient (Wildman–Crippen LogP) is 1.52. The van der Waals surface area contributed by atoms with E-state index in [1.165, 1.54) is 12.6 Å². The van der Waals surface area contributed by atoms with Crippen LogP contribution in [0.4, 0.5) is 0 Å². The van der Waals surface area contributed by atoms with Crippen LogP contribution in [0, 0.1) is 0 Å². The maximum atomic E-state index is 12.7. The average Bonchev–Trinajstić information content (AvgIpc) is 2.78. The average molecular weight is 409 g/mol. The normalized spacial score (nSPS) is 17.5. The zero-order valence-corrected chi connectivity index (χ0v) is 17.5. The van der Waals surface area contributed by atoms with Crippen molar-refractivity contribution in [2.24, 2.45) is 7.05 Å². The molecule has 0 unspecified atom stereocenters. The minimum Gasteiger partial charge on any atom is -0.383 e. The van der Waals surface area contributed by atoms with Crippen molar-refractivity contribution in [1.29, 1.82) is 0 Å². The van der Waals surface area contributed by atoms with Gasteiger partial charge in [-0.15, -0.1) is 0 Å². The van der Waals surface area contributed by atoms with Gasteiger partial charge in [-0.3, -0.25) is 23.8 Å². The van der Waals surface area contributed by atoms with Gasteiger partial charge in [-0.05, 0) is 43.1 Å². The molecule has 158 valence electrons. The summed E-state index contributed by atoms with van der Waals surface area (Å²) in [4.78, 5) is 36.7. The molecule has 8 nitrogen and oxygen atoms in total. The van der Waals surface area contributed by atoms with E-state index >= 15 is 0 Å². The Labute approximate surface area is 174 Å². The summed E-state index contributed by atoms with van der Waals surface area (Å²) in [5.41, 5.74) is 1.89. The maximum Gasteiger partial charge on any atom is 0.332 e. The zero-order valence-electron chi connectivity index (χ0n) is 17.5. The summed E-state index contributed by atoms with van der Waals surface area (Å²) in [5, 5.41) is 0.458. The second-order valence-corrected chi connectivity index (χ2v) is 7.83. The first-order valence-electron chi connectivity index (χ1n) is 10.3. The molecule has 1 aliphatic rings. The molecule has 0 saturated carbocycles. The molecule has 0 bridgehead atoms. The van der Waals surface area contributed by atoms with Crippen molar-refractivity contribution in [3.8, 4) is 0 Å². The maximum absolute atomic E-state index is 12.7. The molecule has 8 heteroatoms. The summed E-state index contributed by atoms with van der Waals surface area (Å²) in [7, 11) is 3.09. The van der Waals surface area contributed by atoms with Gasteiger partial charge >= 0.3 is 5.69 Å². The second kappa shape index (κ2) is 8.89. The number of likely N-dealkylation sites (tertiary alicyclic amines) is 1. The highest BCUT2D eigenvalue weighted by atomic mass is 16.5. The molecule has 0 amide bonds. The van der Waals surface area contributed by atoms with E-state index in [-0.39, 0.29) is 17.2 Å². The monoisotopic (exact) mass is 409 g/mol. The molecule has 1 aliphatic heterocycles. The lowest BCUT2D eigenvalue weighted by molar-refractivity contribution is 0.186. The number of aromatic nitrogens is 4. The molecule has 0 spiro atoms. The first kappa shape index (κ1) is 20.4. The number of nitrogens with zero attached hydrogens (tertiary/aromatic N) is 5. The standard InChI is InChI=1S/C22H27N5O3/c1-25-21(28)18-7-8-19(24-20(18)27(22(25)29)11-12-30-2)17-6-4-10-26(15-17)14-16-5-3-9-23-13-16/h3,5,7-9,13,17H,4,6,10-12,14-15H2,1-2H3/t17-/m0/s1. The van der Waals surface area contributed by atoms with Gasteiger partial charge < -0.3 is 4.74 Å². The molecule has 0 radical (unpaired) electrons. The largest absolute Gasteiger partial charge is 0.383 e. The van der Waals surface area contributed by atoms with Crippen molar-refractivity contribution in [2.75, 3.05) is 26.8 Å². The number of methoxy groups -OCH3 is 1. The Morgan fingerprint density at radius 1 is 1.23 bits per heavy atom. The molecular formula is C22H27N5O3. The summed E-state index contributed by atoms with van der Waals surface area (Å²) in [6.45, 7) is 3.52. The van der Waals surface area contributed by atoms with Crippen LogP contribution in [0.25, 0.3) is 11.0 Å². The van der Waals surface area contributed by atoms with Crippen LogP contribution in [0.3, 0.4) is 0 Å². The van der Waals surface area contributed by atoms with Gasteiger partial charge in [0.2, 0.25) is 0 Å². The van der Waals surface area contributed by atoms with E-state index < -0.39 is 0 Å². The van der Waals surface area contributed by atoms with Crippen LogP contribution < -0.4 is 11.2 Å². The highest BCUT2D eigenvalue weighted by Crippen LogP contribution is 2.27. The zero-order chi connectivity index (χ0) is 21.1. The molecule has 4 heterocycles. The van der Waals surface area contributed by atoms with Crippen LogP contribution in [0.1, 0.15) is 30.0 Å².